The highest BCUT2D eigenvalue weighted by Crippen LogP contribution is 2.29. The molecule has 0 N–H and O–H groups in total. The van der Waals surface area contributed by atoms with Gasteiger partial charge in [-0.3, -0.25) is 0 Å². The van der Waals surface area contributed by atoms with Gasteiger partial charge in [0, 0.05) is 0 Å². The normalized spacial score (nSPS) is 13.1. The molecular formula is C13H15F3O. The van der Waals surface area contributed by atoms with Gasteiger partial charge in [-0.25, -0.2) is 0 Å². The molecule has 0 aliphatic heterocycles. The van der Waals surface area contributed by atoms with Crippen LogP contribution in [-0.2, 0) is 10.9 Å². The van der Waals surface area contributed by atoms with E-state index in [0.29, 0.717) is 5.56 Å². The maximum absolute atomic E-state index is 12.3. The highest BCUT2D eigenvalue weighted by Gasteiger charge is 2.29. The smallest absolute Gasteiger partial charge is 0.416 e. The molecule has 0 saturated heterocycles. The summed E-state index contributed by atoms with van der Waals surface area (Å²) in [5.41, 5.74) is -0.281. The summed E-state index contributed by atoms with van der Waals surface area (Å²) in [6.07, 6.45) is -1.17. The molecule has 94 valence electrons. The van der Waals surface area contributed by atoms with Gasteiger partial charge in [-0.05, 0) is 44.5 Å². The number of hydrogen-bond donors (Lipinski definition) is 0. The fourth-order valence-corrected chi connectivity index (χ4v) is 1.10. The average molecular weight is 244 g/mol. The lowest BCUT2D eigenvalue weighted by Gasteiger charge is -2.17. The summed E-state index contributed by atoms with van der Waals surface area (Å²) in [7, 11) is 0. The Labute approximate surface area is 98.9 Å². The van der Waals surface area contributed by atoms with Crippen molar-refractivity contribution in [3.63, 3.8) is 0 Å². The molecule has 1 nitrogen and oxygen atoms in total. The zero-order valence-electron chi connectivity index (χ0n) is 10.0. The van der Waals surface area contributed by atoms with Crippen molar-refractivity contribution in [3.05, 3.63) is 41.7 Å². The molecule has 1 aromatic rings. The van der Waals surface area contributed by atoms with Crippen LogP contribution in [0.25, 0.3) is 6.08 Å². The van der Waals surface area contributed by atoms with E-state index >= 15 is 0 Å². The lowest BCUT2D eigenvalue weighted by atomic mass is 10.1. The van der Waals surface area contributed by atoms with Gasteiger partial charge in [0.25, 0.3) is 0 Å². The molecule has 0 amide bonds. The largest absolute Gasteiger partial charge is 0.496 e. The van der Waals surface area contributed by atoms with Crippen molar-refractivity contribution in [2.75, 3.05) is 0 Å². The molecule has 1 rings (SSSR count). The van der Waals surface area contributed by atoms with Gasteiger partial charge in [0.05, 0.1) is 17.4 Å². The second-order valence-electron chi connectivity index (χ2n) is 4.65. The minimum absolute atomic E-state index is 0.303. The SMILES string of the molecule is CC(C)(C)O/C=C\c1ccc(C(F)(F)F)cc1. The van der Waals surface area contributed by atoms with Gasteiger partial charge in [-0.1, -0.05) is 12.1 Å². The molecule has 4 heteroatoms. The van der Waals surface area contributed by atoms with Crippen molar-refractivity contribution in [1.29, 1.82) is 0 Å². The third kappa shape index (κ3) is 4.93. The average Bonchev–Trinajstić information content (AvgIpc) is 2.15. The Morgan fingerprint density at radius 3 is 1.94 bits per heavy atom. The fourth-order valence-electron chi connectivity index (χ4n) is 1.10. The van der Waals surface area contributed by atoms with E-state index in [1.54, 1.807) is 6.08 Å². The van der Waals surface area contributed by atoms with E-state index in [1.165, 1.54) is 18.4 Å². The summed E-state index contributed by atoms with van der Waals surface area (Å²) < 4.78 is 42.2. The number of alkyl halides is 3. The van der Waals surface area contributed by atoms with Crippen LogP contribution in [0.2, 0.25) is 0 Å². The maximum Gasteiger partial charge on any atom is 0.416 e. The van der Waals surface area contributed by atoms with E-state index in [2.05, 4.69) is 0 Å². The summed E-state index contributed by atoms with van der Waals surface area (Å²) in [6, 6.07) is 4.92. The van der Waals surface area contributed by atoms with Crippen molar-refractivity contribution in [2.45, 2.75) is 32.5 Å². The van der Waals surface area contributed by atoms with Crippen molar-refractivity contribution in [1.82, 2.24) is 0 Å². The maximum atomic E-state index is 12.3. The Morgan fingerprint density at radius 2 is 1.53 bits per heavy atom. The molecule has 0 saturated carbocycles. The number of benzene rings is 1. The molecule has 0 heterocycles. The van der Waals surface area contributed by atoms with Crippen LogP contribution < -0.4 is 0 Å². The van der Waals surface area contributed by atoms with Gasteiger partial charge >= 0.3 is 6.18 Å². The van der Waals surface area contributed by atoms with E-state index in [-0.39, 0.29) is 5.60 Å². The molecule has 1 aromatic carbocycles. The van der Waals surface area contributed by atoms with E-state index in [4.69, 9.17) is 4.74 Å². The van der Waals surface area contributed by atoms with E-state index in [0.717, 1.165) is 12.1 Å². The first-order valence-electron chi connectivity index (χ1n) is 5.20. The monoisotopic (exact) mass is 244 g/mol. The van der Waals surface area contributed by atoms with Gasteiger partial charge in [0.1, 0.15) is 0 Å². The molecule has 0 spiro atoms. The molecule has 0 fully saturated rings. The minimum atomic E-state index is -4.29. The third-order valence-corrected chi connectivity index (χ3v) is 1.92. The molecule has 17 heavy (non-hydrogen) atoms. The molecule has 0 radical (unpaired) electrons. The first-order chi connectivity index (χ1) is 7.68. The van der Waals surface area contributed by atoms with Gasteiger partial charge in [-0.15, -0.1) is 0 Å². The van der Waals surface area contributed by atoms with Crippen molar-refractivity contribution < 1.29 is 17.9 Å². The molecular weight excluding hydrogens is 229 g/mol. The first-order valence-corrected chi connectivity index (χ1v) is 5.20. The van der Waals surface area contributed by atoms with E-state index < -0.39 is 11.7 Å². The zero-order chi connectivity index (χ0) is 13.1. The van der Waals surface area contributed by atoms with Crippen molar-refractivity contribution in [3.8, 4) is 0 Å². The summed E-state index contributed by atoms with van der Waals surface area (Å²) in [6.45, 7) is 5.68. The number of rotatable bonds is 2. The Bertz CT molecular complexity index is 383. The van der Waals surface area contributed by atoms with Crippen LogP contribution in [0, 0.1) is 0 Å². The first kappa shape index (κ1) is 13.6. The molecule has 0 aliphatic rings. The molecule has 0 bridgehead atoms. The van der Waals surface area contributed by atoms with Crippen LogP contribution >= 0.6 is 0 Å². The fraction of sp³-hybridized carbons (Fsp3) is 0.385. The summed E-state index contributed by atoms with van der Waals surface area (Å²) >= 11 is 0. The topological polar surface area (TPSA) is 9.23 Å². The number of hydrogen-bond acceptors (Lipinski definition) is 1. The van der Waals surface area contributed by atoms with Crippen LogP contribution in [0.15, 0.2) is 30.5 Å². The van der Waals surface area contributed by atoms with Gasteiger partial charge in [-0.2, -0.15) is 13.2 Å². The minimum Gasteiger partial charge on any atom is -0.496 e. The zero-order valence-corrected chi connectivity index (χ0v) is 10.0. The lowest BCUT2D eigenvalue weighted by Crippen LogP contribution is -2.15. The predicted octanol–water partition coefficient (Wildman–Crippen LogP) is 4.49. The van der Waals surface area contributed by atoms with Crippen LogP contribution in [0.5, 0.6) is 0 Å². The van der Waals surface area contributed by atoms with Gasteiger partial charge < -0.3 is 4.74 Å². The number of ether oxygens (including phenoxy) is 1. The Balaban J connectivity index is 2.69. The molecule has 0 aliphatic carbocycles. The van der Waals surface area contributed by atoms with Gasteiger partial charge in [0.2, 0.25) is 0 Å². The lowest BCUT2D eigenvalue weighted by molar-refractivity contribution is -0.137. The van der Waals surface area contributed by atoms with Crippen molar-refractivity contribution in [2.24, 2.45) is 0 Å². The van der Waals surface area contributed by atoms with Crippen LogP contribution in [-0.4, -0.2) is 5.60 Å². The van der Waals surface area contributed by atoms with Crippen LogP contribution in [0.3, 0.4) is 0 Å². The standard InChI is InChI=1S/C13H15F3O/c1-12(2,3)17-9-8-10-4-6-11(7-5-10)13(14,15)16/h4-9H,1-3H3/b9-8-. The highest BCUT2D eigenvalue weighted by atomic mass is 19.4. The molecule has 0 unspecified atom stereocenters. The quantitative estimate of drug-likeness (QED) is 0.696. The second-order valence-corrected chi connectivity index (χ2v) is 4.65. The predicted molar refractivity (Wildman–Crippen MR) is 61.3 cm³/mol. The third-order valence-electron chi connectivity index (χ3n) is 1.92. The summed E-state index contributed by atoms with van der Waals surface area (Å²) in [5, 5.41) is 0. The number of halogens is 3. The van der Waals surface area contributed by atoms with Gasteiger partial charge in [0.15, 0.2) is 0 Å². The second kappa shape index (κ2) is 4.82. The summed E-state index contributed by atoms with van der Waals surface area (Å²) in [4.78, 5) is 0. The van der Waals surface area contributed by atoms with E-state index in [1.807, 2.05) is 20.8 Å². The van der Waals surface area contributed by atoms with Crippen LogP contribution in [0.1, 0.15) is 31.9 Å². The van der Waals surface area contributed by atoms with Crippen LogP contribution in [0.4, 0.5) is 13.2 Å². The molecule has 0 atom stereocenters. The summed E-state index contributed by atoms with van der Waals surface area (Å²) in [5.74, 6) is 0. The van der Waals surface area contributed by atoms with E-state index in [9.17, 15) is 13.2 Å². The Morgan fingerprint density at radius 1 is 1.00 bits per heavy atom. The van der Waals surface area contributed by atoms with Crippen molar-refractivity contribution >= 4 is 6.08 Å². The Kier molecular flexibility index (Phi) is 3.86. The Hall–Kier alpha value is -1.45. The highest BCUT2D eigenvalue weighted by molar-refractivity contribution is 5.48. The molecule has 0 aromatic heterocycles.